The second-order valence-electron chi connectivity index (χ2n) is 5.26. The molecular weight excluding hydrogens is 190 g/mol. The summed E-state index contributed by atoms with van der Waals surface area (Å²) in [6.07, 6.45) is 2.72. The van der Waals surface area contributed by atoms with E-state index in [9.17, 15) is 4.79 Å². The third-order valence-electron chi connectivity index (χ3n) is 3.38. The van der Waals surface area contributed by atoms with E-state index in [-0.39, 0.29) is 11.9 Å². The van der Waals surface area contributed by atoms with E-state index >= 15 is 0 Å². The summed E-state index contributed by atoms with van der Waals surface area (Å²) >= 11 is 0. The maximum atomic E-state index is 10.9. The summed E-state index contributed by atoms with van der Waals surface area (Å²) in [5.74, 6) is -0.254. The van der Waals surface area contributed by atoms with E-state index in [1.807, 2.05) is 0 Å². The Labute approximate surface area is 92.0 Å². The molecule has 0 bridgehead atoms. The van der Waals surface area contributed by atoms with Crippen LogP contribution in [0.3, 0.4) is 0 Å². The van der Waals surface area contributed by atoms with Gasteiger partial charge in [0.1, 0.15) is 0 Å². The minimum Gasteiger partial charge on any atom is -0.370 e. The molecule has 1 unspecified atom stereocenters. The Hall–Kier alpha value is -0.610. The van der Waals surface area contributed by atoms with Gasteiger partial charge < -0.3 is 11.5 Å². The highest BCUT2D eigenvalue weighted by molar-refractivity contribution is 5.74. The van der Waals surface area contributed by atoms with Gasteiger partial charge in [0.25, 0.3) is 0 Å². The van der Waals surface area contributed by atoms with Crippen LogP contribution in [-0.4, -0.2) is 36.5 Å². The van der Waals surface area contributed by atoms with Gasteiger partial charge in [0.15, 0.2) is 0 Å². The molecule has 0 aliphatic carbocycles. The molecule has 4 N–H and O–H groups in total. The average Bonchev–Trinajstić information content (AvgIpc) is 2.14. The van der Waals surface area contributed by atoms with Crippen LogP contribution in [0.2, 0.25) is 0 Å². The molecule has 1 fully saturated rings. The Morgan fingerprint density at radius 2 is 1.93 bits per heavy atom. The largest absolute Gasteiger partial charge is 0.370 e. The van der Waals surface area contributed by atoms with Gasteiger partial charge in [0.05, 0.1) is 0 Å². The molecule has 1 heterocycles. The van der Waals surface area contributed by atoms with E-state index < -0.39 is 0 Å². The zero-order chi connectivity index (χ0) is 11.5. The summed E-state index contributed by atoms with van der Waals surface area (Å²) in [5, 5.41) is 0. The number of amides is 1. The number of hydrogen-bond acceptors (Lipinski definition) is 3. The molecule has 0 radical (unpaired) electrons. The van der Waals surface area contributed by atoms with Gasteiger partial charge in [-0.15, -0.1) is 0 Å². The van der Waals surface area contributed by atoms with Crippen LogP contribution in [0.1, 0.15) is 33.1 Å². The zero-order valence-electron chi connectivity index (χ0n) is 9.83. The standard InChI is InChI=1S/C11H23N3O/c1-11(2)3-5-14(6-4-11)9(8-12)7-10(13)15/h9H,3-8,12H2,1-2H3,(H2,13,15). The van der Waals surface area contributed by atoms with E-state index in [1.165, 1.54) is 12.8 Å². The number of piperidine rings is 1. The van der Waals surface area contributed by atoms with Gasteiger partial charge in [-0.05, 0) is 31.3 Å². The van der Waals surface area contributed by atoms with Crippen LogP contribution < -0.4 is 11.5 Å². The molecule has 1 aliphatic rings. The first-order valence-corrected chi connectivity index (χ1v) is 5.67. The molecule has 88 valence electrons. The van der Waals surface area contributed by atoms with E-state index in [4.69, 9.17) is 11.5 Å². The second-order valence-corrected chi connectivity index (χ2v) is 5.26. The van der Waals surface area contributed by atoms with E-state index in [0.717, 1.165) is 13.1 Å². The highest BCUT2D eigenvalue weighted by Gasteiger charge is 2.29. The van der Waals surface area contributed by atoms with Gasteiger partial charge >= 0.3 is 0 Å². The fourth-order valence-electron chi connectivity index (χ4n) is 2.09. The van der Waals surface area contributed by atoms with Gasteiger partial charge in [-0.25, -0.2) is 0 Å². The summed E-state index contributed by atoms with van der Waals surface area (Å²) in [5.41, 5.74) is 11.3. The fraction of sp³-hybridized carbons (Fsp3) is 0.909. The van der Waals surface area contributed by atoms with Gasteiger partial charge in [-0.2, -0.15) is 0 Å². The molecule has 1 saturated heterocycles. The van der Waals surface area contributed by atoms with Crippen LogP contribution in [-0.2, 0) is 4.79 Å². The SMILES string of the molecule is CC1(C)CCN(C(CN)CC(N)=O)CC1. The minimum atomic E-state index is -0.254. The number of nitrogens with two attached hydrogens (primary N) is 2. The second kappa shape index (κ2) is 4.94. The Morgan fingerprint density at radius 3 is 2.33 bits per heavy atom. The van der Waals surface area contributed by atoms with E-state index in [1.54, 1.807) is 0 Å². The van der Waals surface area contributed by atoms with Crippen LogP contribution in [0.25, 0.3) is 0 Å². The average molecular weight is 213 g/mol. The van der Waals surface area contributed by atoms with Crippen molar-refractivity contribution in [2.45, 2.75) is 39.2 Å². The molecule has 0 spiro atoms. The van der Waals surface area contributed by atoms with Crippen LogP contribution in [0.15, 0.2) is 0 Å². The summed E-state index contributed by atoms with van der Waals surface area (Å²) < 4.78 is 0. The zero-order valence-corrected chi connectivity index (χ0v) is 9.83. The van der Waals surface area contributed by atoms with Gasteiger partial charge in [0.2, 0.25) is 5.91 Å². The van der Waals surface area contributed by atoms with Gasteiger partial charge in [0, 0.05) is 19.0 Å². The lowest BCUT2D eigenvalue weighted by molar-refractivity contribution is -0.119. The number of likely N-dealkylation sites (tertiary alicyclic amines) is 1. The highest BCUT2D eigenvalue weighted by Crippen LogP contribution is 2.30. The Balaban J connectivity index is 2.46. The molecule has 0 aromatic rings. The third kappa shape index (κ3) is 3.80. The van der Waals surface area contributed by atoms with E-state index in [2.05, 4.69) is 18.7 Å². The molecule has 1 rings (SSSR count). The van der Waals surface area contributed by atoms with Crippen molar-refractivity contribution in [3.05, 3.63) is 0 Å². The summed E-state index contributed by atoms with van der Waals surface area (Å²) in [4.78, 5) is 13.2. The summed E-state index contributed by atoms with van der Waals surface area (Å²) in [7, 11) is 0. The number of carbonyl (C=O) groups excluding carboxylic acids is 1. The Kier molecular flexibility index (Phi) is 4.11. The molecule has 0 aromatic carbocycles. The van der Waals surface area contributed by atoms with Crippen LogP contribution >= 0.6 is 0 Å². The van der Waals surface area contributed by atoms with Crippen LogP contribution in [0.5, 0.6) is 0 Å². The molecule has 4 nitrogen and oxygen atoms in total. The van der Waals surface area contributed by atoms with Crippen LogP contribution in [0.4, 0.5) is 0 Å². The maximum Gasteiger partial charge on any atom is 0.219 e. The van der Waals surface area contributed by atoms with Crippen molar-refractivity contribution < 1.29 is 4.79 Å². The maximum absolute atomic E-state index is 10.9. The number of nitrogens with zero attached hydrogens (tertiary/aromatic N) is 1. The van der Waals surface area contributed by atoms with E-state index in [0.29, 0.717) is 18.4 Å². The van der Waals surface area contributed by atoms with Crippen molar-refractivity contribution >= 4 is 5.91 Å². The molecule has 4 heteroatoms. The molecule has 0 aromatic heterocycles. The molecular formula is C11H23N3O. The number of primary amides is 1. The summed E-state index contributed by atoms with van der Waals surface area (Å²) in [6, 6.07) is 0.138. The number of rotatable bonds is 4. The normalized spacial score (nSPS) is 23.7. The first kappa shape index (κ1) is 12.5. The van der Waals surface area contributed by atoms with Crippen molar-refractivity contribution in [1.82, 2.24) is 4.90 Å². The van der Waals surface area contributed by atoms with Crippen molar-refractivity contribution in [3.8, 4) is 0 Å². The summed E-state index contributed by atoms with van der Waals surface area (Å²) in [6.45, 7) is 7.15. The fourth-order valence-corrected chi connectivity index (χ4v) is 2.09. The van der Waals surface area contributed by atoms with Crippen molar-refractivity contribution in [1.29, 1.82) is 0 Å². The smallest absolute Gasteiger partial charge is 0.219 e. The topological polar surface area (TPSA) is 72.3 Å². The Morgan fingerprint density at radius 1 is 1.40 bits per heavy atom. The lowest BCUT2D eigenvalue weighted by atomic mass is 9.82. The Bertz CT molecular complexity index is 218. The van der Waals surface area contributed by atoms with Crippen molar-refractivity contribution in [3.63, 3.8) is 0 Å². The first-order chi connectivity index (χ1) is 6.94. The molecule has 15 heavy (non-hydrogen) atoms. The minimum absolute atomic E-state index is 0.138. The highest BCUT2D eigenvalue weighted by atomic mass is 16.1. The van der Waals surface area contributed by atoms with Gasteiger partial charge in [-0.3, -0.25) is 9.69 Å². The molecule has 1 aliphatic heterocycles. The van der Waals surface area contributed by atoms with Crippen LogP contribution in [0, 0.1) is 5.41 Å². The first-order valence-electron chi connectivity index (χ1n) is 5.67. The lowest BCUT2D eigenvalue weighted by Gasteiger charge is -2.40. The van der Waals surface area contributed by atoms with Crippen molar-refractivity contribution in [2.75, 3.05) is 19.6 Å². The predicted octanol–water partition coefficient (Wildman–Crippen LogP) is 0.311. The lowest BCUT2D eigenvalue weighted by Crippen LogP contribution is -2.48. The monoisotopic (exact) mass is 213 g/mol. The number of hydrogen-bond donors (Lipinski definition) is 2. The quantitative estimate of drug-likeness (QED) is 0.706. The number of carbonyl (C=O) groups is 1. The predicted molar refractivity (Wildman–Crippen MR) is 61.2 cm³/mol. The third-order valence-corrected chi connectivity index (χ3v) is 3.38. The molecule has 1 atom stereocenters. The van der Waals surface area contributed by atoms with Gasteiger partial charge in [-0.1, -0.05) is 13.8 Å². The molecule has 1 amide bonds. The van der Waals surface area contributed by atoms with Crippen molar-refractivity contribution in [2.24, 2.45) is 16.9 Å². The molecule has 0 saturated carbocycles.